The summed E-state index contributed by atoms with van der Waals surface area (Å²) < 4.78 is 6.44. The minimum Gasteiger partial charge on any atom is -0.456 e. The molecule has 0 amide bonds. The lowest BCUT2D eigenvalue weighted by Crippen LogP contribution is -2.10. The summed E-state index contributed by atoms with van der Waals surface area (Å²) in [5.74, 6) is 1.79. The van der Waals surface area contributed by atoms with Gasteiger partial charge in [-0.05, 0) is 115 Å². The molecule has 282 valence electrons. The Kier molecular flexibility index (Phi) is 8.87. The van der Waals surface area contributed by atoms with Gasteiger partial charge in [0, 0.05) is 28.0 Å². The van der Waals surface area contributed by atoms with Crippen molar-refractivity contribution in [1.82, 2.24) is 0 Å². The smallest absolute Gasteiger partial charge is 0.135 e. The largest absolute Gasteiger partial charge is 0.456 e. The molecule has 60 heavy (non-hydrogen) atoms. The van der Waals surface area contributed by atoms with Gasteiger partial charge >= 0.3 is 0 Å². The first-order chi connectivity index (χ1) is 29.7. The number of para-hydroxylation sites is 1. The van der Waals surface area contributed by atoms with Gasteiger partial charge < -0.3 is 9.64 Å². The van der Waals surface area contributed by atoms with E-state index in [1.165, 1.54) is 61.0 Å². The Morgan fingerprint density at radius 3 is 1.23 bits per heavy atom. The van der Waals surface area contributed by atoms with E-state index >= 15 is 0 Å². The Morgan fingerprint density at radius 2 is 0.683 bits per heavy atom. The van der Waals surface area contributed by atoms with Crippen molar-refractivity contribution in [2.24, 2.45) is 0 Å². The predicted octanol–water partition coefficient (Wildman–Crippen LogP) is 16.4. The van der Waals surface area contributed by atoms with Gasteiger partial charge in [0.05, 0.1) is 0 Å². The number of fused-ring (bicyclic) bond motifs is 2. The first-order valence-corrected chi connectivity index (χ1v) is 20.5. The third-order valence-electron chi connectivity index (χ3n) is 11.7. The summed E-state index contributed by atoms with van der Waals surface area (Å²) in [6.07, 6.45) is 0. The van der Waals surface area contributed by atoms with E-state index in [-0.39, 0.29) is 0 Å². The Balaban J connectivity index is 0.971. The van der Waals surface area contributed by atoms with E-state index < -0.39 is 0 Å². The molecule has 0 aliphatic carbocycles. The average Bonchev–Trinajstić information content (AvgIpc) is 3.33. The van der Waals surface area contributed by atoms with Crippen molar-refractivity contribution >= 4 is 27.8 Å². The lowest BCUT2D eigenvalue weighted by Gasteiger charge is -2.27. The molecule has 0 radical (unpaired) electrons. The van der Waals surface area contributed by atoms with Gasteiger partial charge in [-0.2, -0.15) is 0 Å². The van der Waals surface area contributed by atoms with Crippen LogP contribution in [0.5, 0.6) is 11.5 Å². The Morgan fingerprint density at radius 1 is 0.250 bits per heavy atom. The summed E-state index contributed by atoms with van der Waals surface area (Å²) in [6.45, 7) is 0. The molecule has 11 rings (SSSR count). The van der Waals surface area contributed by atoms with E-state index in [4.69, 9.17) is 4.74 Å². The molecule has 0 unspecified atom stereocenters. The zero-order valence-corrected chi connectivity index (χ0v) is 32.9. The zero-order chi connectivity index (χ0) is 39.8. The van der Waals surface area contributed by atoms with Crippen LogP contribution in [-0.2, 0) is 0 Å². The quantitative estimate of drug-likeness (QED) is 0.153. The summed E-state index contributed by atoms with van der Waals surface area (Å²) in [5, 5.41) is 2.32. The van der Waals surface area contributed by atoms with Gasteiger partial charge in [-0.3, -0.25) is 0 Å². The van der Waals surface area contributed by atoms with E-state index in [9.17, 15) is 0 Å². The molecule has 0 bridgehead atoms. The maximum atomic E-state index is 6.44. The molecule has 0 spiro atoms. The molecule has 1 aliphatic rings. The molecule has 2 nitrogen and oxygen atoms in total. The van der Waals surface area contributed by atoms with E-state index in [1.807, 2.05) is 12.1 Å². The number of rotatable bonds is 8. The number of benzene rings is 10. The Labute approximate surface area is 350 Å². The maximum absolute atomic E-state index is 6.44. The van der Waals surface area contributed by atoms with Crippen LogP contribution in [0.15, 0.2) is 237 Å². The highest BCUT2D eigenvalue weighted by atomic mass is 16.5. The molecule has 1 heterocycles. The standard InChI is InChI=1S/C58H39NO/c1-3-11-40(12-4-1)42-21-25-44(26-22-42)46-29-33-49(34-30-46)59(50-35-31-47(32-36-50)45-27-23-43(24-28-45)41-13-5-2-6-14-41)51-16-9-15-48(39-51)52-37-38-57-58-54(52)18-10-19-55(58)53-17-7-8-20-56(53)60-57/h1-39H. The average molecular weight is 766 g/mol. The number of hydrogen-bond acceptors (Lipinski definition) is 2. The normalized spacial score (nSPS) is 11.5. The molecule has 10 aromatic carbocycles. The lowest BCUT2D eigenvalue weighted by atomic mass is 9.90. The molecule has 0 saturated carbocycles. The van der Waals surface area contributed by atoms with E-state index in [1.54, 1.807) is 0 Å². The van der Waals surface area contributed by atoms with Crippen molar-refractivity contribution in [3.05, 3.63) is 237 Å². The molecule has 1 aliphatic heterocycles. The SMILES string of the molecule is c1ccc(-c2ccc(-c3ccc(N(c4ccc(-c5ccc(-c6ccccc6)cc5)cc4)c4cccc(-c5ccc6c7c(cccc57)-c5ccccc5O6)c4)cc3)cc2)cc1. The number of ether oxygens (including phenoxy) is 1. The van der Waals surface area contributed by atoms with Gasteiger partial charge in [0.15, 0.2) is 0 Å². The minimum absolute atomic E-state index is 0.894. The van der Waals surface area contributed by atoms with Crippen LogP contribution in [0.1, 0.15) is 0 Å². The number of hydrogen-bond donors (Lipinski definition) is 0. The van der Waals surface area contributed by atoms with Gasteiger partial charge in [-0.1, -0.05) is 188 Å². The summed E-state index contributed by atoms with van der Waals surface area (Å²) in [6, 6.07) is 84.8. The highest BCUT2D eigenvalue weighted by Gasteiger charge is 2.22. The number of nitrogens with zero attached hydrogens (tertiary/aromatic N) is 1. The molecule has 10 aromatic rings. The summed E-state index contributed by atoms with van der Waals surface area (Å²) in [5.41, 5.74) is 17.5. The third kappa shape index (κ3) is 6.51. The van der Waals surface area contributed by atoms with Crippen LogP contribution < -0.4 is 9.64 Å². The molecule has 0 saturated heterocycles. The molecule has 0 aromatic heterocycles. The van der Waals surface area contributed by atoms with Gasteiger partial charge in [-0.25, -0.2) is 0 Å². The minimum atomic E-state index is 0.894. The van der Waals surface area contributed by atoms with Crippen molar-refractivity contribution in [2.75, 3.05) is 4.90 Å². The van der Waals surface area contributed by atoms with Crippen molar-refractivity contribution < 1.29 is 4.74 Å². The third-order valence-corrected chi connectivity index (χ3v) is 11.7. The first-order valence-electron chi connectivity index (χ1n) is 20.5. The number of anilines is 3. The summed E-state index contributed by atoms with van der Waals surface area (Å²) >= 11 is 0. The summed E-state index contributed by atoms with van der Waals surface area (Å²) in [7, 11) is 0. The van der Waals surface area contributed by atoms with Crippen LogP contribution in [0.2, 0.25) is 0 Å². The van der Waals surface area contributed by atoms with Gasteiger partial charge in [-0.15, -0.1) is 0 Å². The van der Waals surface area contributed by atoms with Crippen molar-refractivity contribution in [3.63, 3.8) is 0 Å². The van der Waals surface area contributed by atoms with Gasteiger partial charge in [0.2, 0.25) is 0 Å². The van der Waals surface area contributed by atoms with Crippen LogP contribution in [0.4, 0.5) is 17.1 Å². The van der Waals surface area contributed by atoms with Gasteiger partial charge in [0.25, 0.3) is 0 Å². The second kappa shape index (κ2) is 15.1. The first kappa shape index (κ1) is 35.2. The summed E-state index contributed by atoms with van der Waals surface area (Å²) in [4.78, 5) is 2.36. The Hall–Kier alpha value is -7.94. The second-order valence-corrected chi connectivity index (χ2v) is 15.3. The van der Waals surface area contributed by atoms with Gasteiger partial charge in [0.1, 0.15) is 11.5 Å². The zero-order valence-electron chi connectivity index (χ0n) is 32.9. The van der Waals surface area contributed by atoms with Crippen LogP contribution in [0.25, 0.3) is 77.5 Å². The van der Waals surface area contributed by atoms with Crippen molar-refractivity contribution in [2.45, 2.75) is 0 Å². The van der Waals surface area contributed by atoms with E-state index in [0.717, 1.165) is 45.1 Å². The van der Waals surface area contributed by atoms with Crippen LogP contribution in [0.3, 0.4) is 0 Å². The molecule has 0 N–H and O–H groups in total. The lowest BCUT2D eigenvalue weighted by molar-refractivity contribution is 0.487. The fraction of sp³-hybridized carbons (Fsp3) is 0. The second-order valence-electron chi connectivity index (χ2n) is 15.3. The fourth-order valence-corrected chi connectivity index (χ4v) is 8.67. The molecule has 0 fully saturated rings. The highest BCUT2D eigenvalue weighted by molar-refractivity contribution is 6.10. The Bertz CT molecular complexity index is 2990. The maximum Gasteiger partial charge on any atom is 0.135 e. The molecular formula is C58H39NO. The monoisotopic (exact) mass is 765 g/mol. The van der Waals surface area contributed by atoms with Crippen molar-refractivity contribution in [3.8, 4) is 78.3 Å². The molecule has 0 atom stereocenters. The van der Waals surface area contributed by atoms with Crippen molar-refractivity contribution in [1.29, 1.82) is 0 Å². The van der Waals surface area contributed by atoms with E-state index in [0.29, 0.717) is 0 Å². The van der Waals surface area contributed by atoms with E-state index in [2.05, 4.69) is 229 Å². The molecule has 2 heteroatoms. The topological polar surface area (TPSA) is 12.5 Å². The van der Waals surface area contributed by atoms with Crippen LogP contribution in [-0.4, -0.2) is 0 Å². The molecular weight excluding hydrogens is 727 g/mol. The van der Waals surface area contributed by atoms with Crippen LogP contribution in [0, 0.1) is 0 Å². The fourth-order valence-electron chi connectivity index (χ4n) is 8.67. The van der Waals surface area contributed by atoms with Crippen LogP contribution >= 0.6 is 0 Å². The predicted molar refractivity (Wildman–Crippen MR) is 251 cm³/mol. The highest BCUT2D eigenvalue weighted by Crippen LogP contribution is 2.49.